The molecule has 0 bridgehead atoms. The number of benzene rings is 1. The molecule has 1 aromatic rings. The van der Waals surface area contributed by atoms with Crippen LogP contribution >= 0.6 is 0 Å². The highest BCUT2D eigenvalue weighted by Crippen LogP contribution is 2.27. The van der Waals surface area contributed by atoms with Crippen LogP contribution < -0.4 is 5.32 Å². The lowest BCUT2D eigenvalue weighted by atomic mass is 9.94. The highest BCUT2D eigenvalue weighted by molar-refractivity contribution is 5.56. The van der Waals surface area contributed by atoms with Gasteiger partial charge in [0.05, 0.1) is 16.7 Å². The third-order valence-electron chi connectivity index (χ3n) is 3.92. The molecule has 1 aromatic carbocycles. The lowest BCUT2D eigenvalue weighted by Gasteiger charge is -2.27. The fourth-order valence-corrected chi connectivity index (χ4v) is 2.67. The minimum Gasteiger partial charge on any atom is -0.388 e. The van der Waals surface area contributed by atoms with E-state index in [1.807, 2.05) is 12.1 Å². The Bertz CT molecular complexity index is 546. The summed E-state index contributed by atoms with van der Waals surface area (Å²) in [6.07, 6.45) is 6.16. The van der Waals surface area contributed by atoms with Crippen molar-refractivity contribution >= 4 is 5.69 Å². The van der Waals surface area contributed by atoms with E-state index in [4.69, 9.17) is 10.5 Å². The molecule has 1 aliphatic carbocycles. The lowest BCUT2D eigenvalue weighted by Crippen LogP contribution is -2.36. The van der Waals surface area contributed by atoms with Crippen LogP contribution in [0, 0.1) is 22.7 Å². The third kappa shape index (κ3) is 3.50. The van der Waals surface area contributed by atoms with E-state index < -0.39 is 5.60 Å². The molecule has 0 saturated heterocycles. The van der Waals surface area contributed by atoms with E-state index in [-0.39, 0.29) is 0 Å². The standard InChI is InChI=1S/C16H19N3O/c17-10-13-5-6-15(9-14(13)11-18)19-12-16(20)7-3-1-2-4-8-16/h5-6,9,19-20H,1-4,7-8,12H2. The van der Waals surface area contributed by atoms with Crippen molar-refractivity contribution in [3.05, 3.63) is 29.3 Å². The van der Waals surface area contributed by atoms with E-state index in [0.717, 1.165) is 31.4 Å². The van der Waals surface area contributed by atoms with Crippen molar-refractivity contribution in [1.29, 1.82) is 10.5 Å². The Balaban J connectivity index is 2.04. The van der Waals surface area contributed by atoms with Crippen molar-refractivity contribution in [2.45, 2.75) is 44.1 Å². The molecule has 0 radical (unpaired) electrons. The molecular weight excluding hydrogens is 250 g/mol. The average Bonchev–Trinajstić information content (AvgIpc) is 2.70. The second-order valence-electron chi connectivity index (χ2n) is 5.48. The van der Waals surface area contributed by atoms with Gasteiger partial charge in [-0.15, -0.1) is 0 Å². The molecule has 4 heteroatoms. The number of anilines is 1. The molecular formula is C16H19N3O. The number of hydrogen-bond donors (Lipinski definition) is 2. The minimum absolute atomic E-state index is 0.366. The van der Waals surface area contributed by atoms with Gasteiger partial charge in [0, 0.05) is 12.2 Å². The van der Waals surface area contributed by atoms with Crippen LogP contribution in [0.25, 0.3) is 0 Å². The number of hydrogen-bond acceptors (Lipinski definition) is 4. The number of rotatable bonds is 3. The van der Waals surface area contributed by atoms with E-state index in [2.05, 4.69) is 5.32 Å². The van der Waals surface area contributed by atoms with E-state index in [9.17, 15) is 5.11 Å². The molecule has 0 heterocycles. The monoisotopic (exact) mass is 269 g/mol. The summed E-state index contributed by atoms with van der Waals surface area (Å²) in [7, 11) is 0. The van der Waals surface area contributed by atoms with Gasteiger partial charge in [0.1, 0.15) is 12.1 Å². The van der Waals surface area contributed by atoms with Crippen molar-refractivity contribution in [2.24, 2.45) is 0 Å². The SMILES string of the molecule is N#Cc1ccc(NCC2(O)CCCCCC2)cc1C#N. The van der Waals surface area contributed by atoms with Gasteiger partial charge in [0.25, 0.3) is 0 Å². The molecule has 2 rings (SSSR count). The number of nitrogens with one attached hydrogen (secondary N) is 1. The molecule has 0 unspecified atom stereocenters. The molecule has 20 heavy (non-hydrogen) atoms. The Hall–Kier alpha value is -2.04. The van der Waals surface area contributed by atoms with Crippen LogP contribution in [0.2, 0.25) is 0 Å². The summed E-state index contributed by atoms with van der Waals surface area (Å²) in [6, 6.07) is 9.09. The van der Waals surface area contributed by atoms with E-state index in [0.29, 0.717) is 17.7 Å². The van der Waals surface area contributed by atoms with Gasteiger partial charge in [-0.05, 0) is 31.0 Å². The predicted octanol–water partition coefficient (Wildman–Crippen LogP) is 2.93. The van der Waals surface area contributed by atoms with Gasteiger partial charge in [0.15, 0.2) is 0 Å². The summed E-state index contributed by atoms with van der Waals surface area (Å²) in [6.45, 7) is 0.490. The summed E-state index contributed by atoms with van der Waals surface area (Å²) in [5.74, 6) is 0. The van der Waals surface area contributed by atoms with Crippen LogP contribution in [0.15, 0.2) is 18.2 Å². The lowest BCUT2D eigenvalue weighted by molar-refractivity contribution is 0.0381. The fourth-order valence-electron chi connectivity index (χ4n) is 2.67. The second-order valence-corrected chi connectivity index (χ2v) is 5.48. The van der Waals surface area contributed by atoms with E-state index in [1.54, 1.807) is 18.2 Å². The first-order valence-electron chi connectivity index (χ1n) is 7.07. The molecule has 1 saturated carbocycles. The molecule has 0 spiro atoms. The Morgan fingerprint density at radius 2 is 1.70 bits per heavy atom. The van der Waals surface area contributed by atoms with Crippen molar-refractivity contribution in [3.63, 3.8) is 0 Å². The average molecular weight is 269 g/mol. The zero-order chi connectivity index (χ0) is 14.4. The predicted molar refractivity (Wildman–Crippen MR) is 77.0 cm³/mol. The largest absolute Gasteiger partial charge is 0.388 e. The molecule has 104 valence electrons. The van der Waals surface area contributed by atoms with Gasteiger partial charge in [-0.1, -0.05) is 25.7 Å². The maximum atomic E-state index is 10.6. The quantitative estimate of drug-likeness (QED) is 0.827. The van der Waals surface area contributed by atoms with Gasteiger partial charge in [-0.2, -0.15) is 10.5 Å². The first-order chi connectivity index (χ1) is 9.67. The van der Waals surface area contributed by atoms with Crippen molar-refractivity contribution in [2.75, 3.05) is 11.9 Å². The molecule has 4 nitrogen and oxygen atoms in total. The van der Waals surface area contributed by atoms with E-state index in [1.165, 1.54) is 12.8 Å². The van der Waals surface area contributed by atoms with E-state index >= 15 is 0 Å². The Morgan fingerprint density at radius 3 is 2.30 bits per heavy atom. The summed E-state index contributed by atoms with van der Waals surface area (Å²) in [5.41, 5.74) is 0.867. The number of nitriles is 2. The third-order valence-corrected chi connectivity index (χ3v) is 3.92. The van der Waals surface area contributed by atoms with Gasteiger partial charge in [0.2, 0.25) is 0 Å². The zero-order valence-corrected chi connectivity index (χ0v) is 11.5. The Labute approximate surface area is 119 Å². The second kappa shape index (κ2) is 6.41. The molecule has 2 N–H and O–H groups in total. The molecule has 1 fully saturated rings. The van der Waals surface area contributed by atoms with Crippen LogP contribution in [0.5, 0.6) is 0 Å². The molecule has 0 atom stereocenters. The van der Waals surface area contributed by atoms with Crippen molar-refractivity contribution < 1.29 is 5.11 Å². The van der Waals surface area contributed by atoms with Gasteiger partial charge in [-0.25, -0.2) is 0 Å². The maximum absolute atomic E-state index is 10.6. The summed E-state index contributed by atoms with van der Waals surface area (Å²) in [5, 5.41) is 31.6. The van der Waals surface area contributed by atoms with Gasteiger partial charge in [-0.3, -0.25) is 0 Å². The first kappa shape index (κ1) is 14.4. The molecule has 0 amide bonds. The van der Waals surface area contributed by atoms with Crippen molar-refractivity contribution in [3.8, 4) is 12.1 Å². The fraction of sp³-hybridized carbons (Fsp3) is 0.500. The van der Waals surface area contributed by atoms with Crippen molar-refractivity contribution in [1.82, 2.24) is 0 Å². The Kier molecular flexibility index (Phi) is 4.61. The highest BCUT2D eigenvalue weighted by atomic mass is 16.3. The number of nitrogens with zero attached hydrogens (tertiary/aromatic N) is 2. The maximum Gasteiger partial charge on any atom is 0.101 e. The highest BCUT2D eigenvalue weighted by Gasteiger charge is 2.27. The van der Waals surface area contributed by atoms with Crippen LogP contribution in [0.3, 0.4) is 0 Å². The smallest absolute Gasteiger partial charge is 0.101 e. The summed E-state index contributed by atoms with van der Waals surface area (Å²) >= 11 is 0. The molecule has 0 aliphatic heterocycles. The molecule has 1 aliphatic rings. The summed E-state index contributed by atoms with van der Waals surface area (Å²) in [4.78, 5) is 0. The molecule has 0 aromatic heterocycles. The normalized spacial score (nSPS) is 17.6. The van der Waals surface area contributed by atoms with Crippen LogP contribution in [-0.4, -0.2) is 17.3 Å². The van der Waals surface area contributed by atoms with Gasteiger partial charge < -0.3 is 10.4 Å². The minimum atomic E-state index is -0.656. The topological polar surface area (TPSA) is 79.8 Å². The first-order valence-corrected chi connectivity index (χ1v) is 7.07. The summed E-state index contributed by atoms with van der Waals surface area (Å²) < 4.78 is 0. The Morgan fingerprint density at radius 1 is 1.05 bits per heavy atom. The van der Waals surface area contributed by atoms with Crippen LogP contribution in [0.4, 0.5) is 5.69 Å². The zero-order valence-electron chi connectivity index (χ0n) is 11.5. The van der Waals surface area contributed by atoms with Crippen LogP contribution in [-0.2, 0) is 0 Å². The van der Waals surface area contributed by atoms with Gasteiger partial charge >= 0.3 is 0 Å². The number of aliphatic hydroxyl groups is 1. The van der Waals surface area contributed by atoms with Crippen LogP contribution in [0.1, 0.15) is 49.7 Å².